The molecule has 0 aliphatic heterocycles. The van der Waals surface area contributed by atoms with Crippen LogP contribution < -0.4 is 30.4 Å². The van der Waals surface area contributed by atoms with Crippen LogP contribution >= 0.6 is 0 Å². The molecular weight excluding hydrogens is 980 g/mol. The van der Waals surface area contributed by atoms with Gasteiger partial charge in [0.05, 0.1) is 24.3 Å². The summed E-state index contributed by atoms with van der Waals surface area (Å²) in [5, 5.41) is 0. The number of hydrogen-bond acceptors (Lipinski definition) is 12. The van der Waals surface area contributed by atoms with Crippen LogP contribution in [0.1, 0.15) is 75.6 Å². The fourth-order valence-electron chi connectivity index (χ4n) is 7.35. The van der Waals surface area contributed by atoms with E-state index in [1.165, 1.54) is 72.8 Å². The van der Waals surface area contributed by atoms with Gasteiger partial charge in [0, 0.05) is 41.8 Å². The summed E-state index contributed by atoms with van der Waals surface area (Å²) in [6, 6.07) is 39.0. The van der Waals surface area contributed by atoms with Crippen LogP contribution in [0.25, 0.3) is 12.2 Å². The van der Waals surface area contributed by atoms with E-state index < -0.39 is 47.8 Å². The van der Waals surface area contributed by atoms with Crippen molar-refractivity contribution in [3.63, 3.8) is 0 Å². The third-order valence-corrected chi connectivity index (χ3v) is 11.2. The topological polar surface area (TPSA) is 176 Å². The number of esters is 4. The number of rotatable bonds is 25. The Hall–Kier alpha value is -8.47. The lowest BCUT2D eigenvalue weighted by molar-refractivity contribution is -0.148. The van der Waals surface area contributed by atoms with E-state index in [1.807, 2.05) is 24.3 Å². The van der Waals surface area contributed by atoms with Crippen molar-refractivity contribution in [3.8, 4) is 23.0 Å². The van der Waals surface area contributed by atoms with Crippen molar-refractivity contribution in [2.75, 3.05) is 37.9 Å². The van der Waals surface area contributed by atoms with Gasteiger partial charge in [-0.2, -0.15) is 13.2 Å². The van der Waals surface area contributed by atoms with Crippen LogP contribution in [0.15, 0.2) is 158 Å². The van der Waals surface area contributed by atoms with Crippen molar-refractivity contribution in [2.45, 2.75) is 57.5 Å². The molecule has 75 heavy (non-hydrogen) atoms. The predicted molar refractivity (Wildman–Crippen MR) is 273 cm³/mol. The molecule has 0 saturated heterocycles. The van der Waals surface area contributed by atoms with E-state index in [2.05, 4.69) is 0 Å². The lowest BCUT2D eigenvalue weighted by Gasteiger charge is -2.33. The van der Waals surface area contributed by atoms with Gasteiger partial charge in [-0.3, -0.25) is 0 Å². The fraction of sp³-hybridized carbons (Fsp3) is 0.241. The number of nitrogen functional groups attached to an aromatic ring is 2. The summed E-state index contributed by atoms with van der Waals surface area (Å²) >= 11 is 0. The number of nitrogens with two attached hydrogens (primary N) is 2. The van der Waals surface area contributed by atoms with E-state index in [-0.39, 0.29) is 68.3 Å². The Morgan fingerprint density at radius 2 is 0.840 bits per heavy atom. The molecule has 12 nitrogen and oxygen atoms in total. The molecule has 0 aliphatic carbocycles. The standard InChI is InChI=1S/C58H55F5N2O10/c1-56(59,60)32-2-34-70-48-26-14-44(15-27-48)54(68)74-50-22-8-40(9-23-50)12-30-52(66)72-38-57(36-42-4-18-46(64)19-5-42,37-43-6-20-47(65)21-7-43)39-73-53(67)31-13-41-10-24-51(25-11-41)75-55(69)45-16-28-49(29-17-45)71-35-3-33-58(61,62)63/h4-31H,2-3,32-39,64-65H2,1H3/b30-12+,31-13+. The van der Waals surface area contributed by atoms with Crippen molar-refractivity contribution < 1.29 is 69.6 Å². The molecule has 17 heteroatoms. The van der Waals surface area contributed by atoms with Crippen molar-refractivity contribution in [1.82, 2.24) is 0 Å². The third kappa shape index (κ3) is 19.8. The molecule has 6 aromatic carbocycles. The number of halogens is 5. The molecule has 6 rings (SSSR count). The SMILES string of the molecule is CC(F)(F)CCCOc1ccc(C(=O)Oc2ccc(/C=C/C(=O)OCC(COC(=O)/C=C/c3ccc(OC(=O)c4ccc(OCCCC(F)(F)F)cc4)cc3)(Cc3ccc(N)cc3)Cc3ccc(N)cc3)cc2)cc1. The first-order valence-corrected chi connectivity index (χ1v) is 23.7. The molecule has 0 spiro atoms. The zero-order valence-electron chi connectivity index (χ0n) is 40.9. The first-order chi connectivity index (χ1) is 35.8. The van der Waals surface area contributed by atoms with Gasteiger partial charge >= 0.3 is 30.1 Å². The molecule has 0 fully saturated rings. The first kappa shape index (κ1) is 55.8. The van der Waals surface area contributed by atoms with Gasteiger partial charge in [-0.15, -0.1) is 0 Å². The number of ether oxygens (including phenoxy) is 6. The second-order valence-corrected chi connectivity index (χ2v) is 17.8. The normalized spacial score (nSPS) is 11.8. The molecule has 392 valence electrons. The van der Waals surface area contributed by atoms with Crippen molar-refractivity contribution >= 4 is 47.4 Å². The second kappa shape index (κ2) is 26.5. The summed E-state index contributed by atoms with van der Waals surface area (Å²) < 4.78 is 96.9. The average molecular weight is 1040 g/mol. The molecule has 0 unspecified atom stereocenters. The van der Waals surface area contributed by atoms with Crippen LogP contribution in [0.3, 0.4) is 0 Å². The van der Waals surface area contributed by atoms with E-state index in [0.717, 1.165) is 18.1 Å². The molecule has 0 radical (unpaired) electrons. The van der Waals surface area contributed by atoms with Gasteiger partial charge in [-0.1, -0.05) is 48.5 Å². The lowest BCUT2D eigenvalue weighted by Crippen LogP contribution is -2.38. The molecule has 0 saturated carbocycles. The maximum Gasteiger partial charge on any atom is 0.389 e. The average Bonchev–Trinajstić information content (AvgIpc) is 3.38. The van der Waals surface area contributed by atoms with Gasteiger partial charge in [0.1, 0.15) is 36.2 Å². The molecule has 0 atom stereocenters. The third-order valence-electron chi connectivity index (χ3n) is 11.2. The summed E-state index contributed by atoms with van der Waals surface area (Å²) in [5.41, 5.74) is 15.4. The number of anilines is 2. The monoisotopic (exact) mass is 1030 g/mol. The maximum atomic E-state index is 13.4. The van der Waals surface area contributed by atoms with Crippen molar-refractivity contribution in [2.24, 2.45) is 5.41 Å². The van der Waals surface area contributed by atoms with E-state index in [4.69, 9.17) is 39.9 Å². The summed E-state index contributed by atoms with van der Waals surface area (Å²) in [6.07, 6.45) is 0.605. The summed E-state index contributed by atoms with van der Waals surface area (Å²) in [4.78, 5) is 52.3. The highest BCUT2D eigenvalue weighted by Gasteiger charge is 2.35. The van der Waals surface area contributed by atoms with Crippen LogP contribution in [0, 0.1) is 5.41 Å². The molecule has 0 amide bonds. The highest BCUT2D eigenvalue weighted by Crippen LogP contribution is 2.32. The Morgan fingerprint density at radius 3 is 1.20 bits per heavy atom. The molecule has 0 aromatic heterocycles. The Bertz CT molecular complexity index is 2670. The molecule has 0 bridgehead atoms. The van der Waals surface area contributed by atoms with E-state index >= 15 is 0 Å². The quantitative estimate of drug-likeness (QED) is 0.0139. The Morgan fingerprint density at radius 1 is 0.480 bits per heavy atom. The number of hydrogen-bond donors (Lipinski definition) is 2. The van der Waals surface area contributed by atoms with Gasteiger partial charge in [-0.25, -0.2) is 28.0 Å². The number of carbonyl (C=O) groups excluding carboxylic acids is 4. The highest BCUT2D eigenvalue weighted by molar-refractivity contribution is 5.92. The van der Waals surface area contributed by atoms with Gasteiger partial charge in [0.25, 0.3) is 0 Å². The van der Waals surface area contributed by atoms with E-state index in [0.29, 0.717) is 46.8 Å². The predicted octanol–water partition coefficient (Wildman–Crippen LogP) is 12.1. The highest BCUT2D eigenvalue weighted by atomic mass is 19.4. The van der Waals surface area contributed by atoms with Crippen LogP contribution in [0.4, 0.5) is 33.3 Å². The van der Waals surface area contributed by atoms with Gasteiger partial charge in [0.2, 0.25) is 5.92 Å². The van der Waals surface area contributed by atoms with Crippen LogP contribution in [0.5, 0.6) is 23.0 Å². The van der Waals surface area contributed by atoms with Crippen LogP contribution in [0.2, 0.25) is 0 Å². The van der Waals surface area contributed by atoms with Gasteiger partial charge < -0.3 is 39.9 Å². The van der Waals surface area contributed by atoms with E-state index in [9.17, 15) is 41.1 Å². The number of alkyl halides is 5. The minimum absolute atomic E-state index is 0.106. The summed E-state index contributed by atoms with van der Waals surface area (Å²) in [5.74, 6) is -4.22. The number of carbonyl (C=O) groups is 4. The van der Waals surface area contributed by atoms with Crippen LogP contribution in [-0.2, 0) is 31.9 Å². The molecule has 0 aliphatic rings. The largest absolute Gasteiger partial charge is 0.494 e. The van der Waals surface area contributed by atoms with E-state index in [1.54, 1.807) is 72.8 Å². The first-order valence-electron chi connectivity index (χ1n) is 23.7. The maximum absolute atomic E-state index is 13.4. The van der Waals surface area contributed by atoms with Crippen molar-refractivity contribution in [3.05, 3.63) is 191 Å². The minimum Gasteiger partial charge on any atom is -0.494 e. The summed E-state index contributed by atoms with van der Waals surface area (Å²) in [7, 11) is 0. The number of benzene rings is 6. The van der Waals surface area contributed by atoms with Gasteiger partial charge in [-0.05, 0) is 164 Å². The minimum atomic E-state index is -4.26. The smallest absolute Gasteiger partial charge is 0.389 e. The Kier molecular flexibility index (Phi) is 19.7. The summed E-state index contributed by atoms with van der Waals surface area (Å²) in [6.45, 7) is 0.478. The lowest BCUT2D eigenvalue weighted by atomic mass is 9.77. The Labute approximate surface area is 430 Å². The molecule has 0 heterocycles. The molecular formula is C58H55F5N2O10. The fourth-order valence-corrected chi connectivity index (χ4v) is 7.35. The molecule has 6 aromatic rings. The van der Waals surface area contributed by atoms with Crippen LogP contribution in [-0.4, -0.2) is 62.4 Å². The van der Waals surface area contributed by atoms with Crippen molar-refractivity contribution in [1.29, 1.82) is 0 Å². The second-order valence-electron chi connectivity index (χ2n) is 17.8. The zero-order valence-corrected chi connectivity index (χ0v) is 40.9. The molecule has 4 N–H and O–H groups in total. The van der Waals surface area contributed by atoms with Gasteiger partial charge in [0.15, 0.2) is 0 Å². The zero-order chi connectivity index (χ0) is 53.9. The Balaban J connectivity index is 1.06.